The number of rotatable bonds is 6. The van der Waals surface area contributed by atoms with E-state index < -0.39 is 5.91 Å². The minimum Gasteiger partial charge on any atom is -0.493 e. The van der Waals surface area contributed by atoms with Crippen LogP contribution >= 0.6 is 34.8 Å². The van der Waals surface area contributed by atoms with Crippen molar-refractivity contribution in [3.05, 3.63) is 62.6 Å². The summed E-state index contributed by atoms with van der Waals surface area (Å²) in [6.45, 7) is 0.240. The van der Waals surface area contributed by atoms with Crippen molar-refractivity contribution in [1.82, 2.24) is 0 Å². The van der Waals surface area contributed by atoms with E-state index in [2.05, 4.69) is 0 Å². The fourth-order valence-electron chi connectivity index (χ4n) is 1.94. The Hall–Kier alpha value is -1.88. The van der Waals surface area contributed by atoms with Gasteiger partial charge < -0.3 is 15.2 Å². The van der Waals surface area contributed by atoms with E-state index in [9.17, 15) is 4.79 Å². The molecular weight excluding hydrogens is 373 g/mol. The van der Waals surface area contributed by atoms with Gasteiger partial charge in [-0.05, 0) is 41.5 Å². The van der Waals surface area contributed by atoms with Crippen LogP contribution in [-0.2, 0) is 11.4 Å². The number of carbonyl (C=O) groups is 1. The molecule has 0 aromatic heterocycles. The van der Waals surface area contributed by atoms with Crippen molar-refractivity contribution < 1.29 is 14.3 Å². The SMILES string of the molecule is COc1cc(/C=C/C(N)=O)cc(Cl)c1OCc1ccc(Cl)c(Cl)c1. The van der Waals surface area contributed by atoms with E-state index in [-0.39, 0.29) is 6.61 Å². The fourth-order valence-corrected chi connectivity index (χ4v) is 2.53. The maximum atomic E-state index is 10.8. The van der Waals surface area contributed by atoms with E-state index in [0.717, 1.165) is 5.56 Å². The Morgan fingerprint density at radius 2 is 1.88 bits per heavy atom. The van der Waals surface area contributed by atoms with Crippen LogP contribution in [-0.4, -0.2) is 13.0 Å². The second kappa shape index (κ2) is 8.29. The molecule has 0 saturated heterocycles. The van der Waals surface area contributed by atoms with Crippen molar-refractivity contribution in [3.8, 4) is 11.5 Å². The van der Waals surface area contributed by atoms with Crippen molar-refractivity contribution in [2.45, 2.75) is 6.61 Å². The molecule has 0 spiro atoms. The number of primary amides is 1. The minimum atomic E-state index is -0.551. The third kappa shape index (κ3) is 4.81. The number of halogens is 3. The summed E-state index contributed by atoms with van der Waals surface area (Å²) in [6, 6.07) is 8.55. The smallest absolute Gasteiger partial charge is 0.241 e. The Kier molecular flexibility index (Phi) is 6.37. The maximum absolute atomic E-state index is 10.8. The van der Waals surface area contributed by atoms with E-state index in [4.69, 9.17) is 50.0 Å². The summed E-state index contributed by atoms with van der Waals surface area (Å²) in [5, 5.41) is 1.27. The first-order valence-corrected chi connectivity index (χ1v) is 7.96. The predicted molar refractivity (Wildman–Crippen MR) is 97.0 cm³/mol. The van der Waals surface area contributed by atoms with Gasteiger partial charge in [-0.3, -0.25) is 4.79 Å². The molecule has 0 aliphatic carbocycles. The molecule has 0 fully saturated rings. The number of nitrogens with two attached hydrogens (primary N) is 1. The number of hydrogen-bond acceptors (Lipinski definition) is 3. The van der Waals surface area contributed by atoms with Gasteiger partial charge >= 0.3 is 0 Å². The summed E-state index contributed by atoms with van der Waals surface area (Å²) < 4.78 is 11.0. The van der Waals surface area contributed by atoms with Crippen LogP contribution in [0.15, 0.2) is 36.4 Å². The first-order chi connectivity index (χ1) is 11.4. The molecule has 126 valence electrons. The minimum absolute atomic E-state index is 0.240. The van der Waals surface area contributed by atoms with Gasteiger partial charge in [-0.15, -0.1) is 0 Å². The van der Waals surface area contributed by atoms with Crippen LogP contribution in [0.4, 0.5) is 0 Å². The standard InChI is InChI=1S/C17H14Cl3NO3/c1-23-15-8-10(3-5-16(21)22)6-14(20)17(15)24-9-11-2-4-12(18)13(19)7-11/h2-8H,9H2,1H3,(H2,21,22)/b5-3+. The van der Waals surface area contributed by atoms with Crippen LogP contribution in [0, 0.1) is 0 Å². The van der Waals surface area contributed by atoms with E-state index in [1.165, 1.54) is 13.2 Å². The van der Waals surface area contributed by atoms with Gasteiger partial charge in [0.15, 0.2) is 11.5 Å². The zero-order valence-corrected chi connectivity index (χ0v) is 15.0. The summed E-state index contributed by atoms with van der Waals surface area (Å²) in [6.07, 6.45) is 2.78. The van der Waals surface area contributed by atoms with Crippen molar-refractivity contribution in [2.24, 2.45) is 5.73 Å². The molecule has 7 heteroatoms. The van der Waals surface area contributed by atoms with Crippen molar-refractivity contribution in [1.29, 1.82) is 0 Å². The summed E-state index contributed by atoms with van der Waals surface area (Å²) in [7, 11) is 1.50. The zero-order valence-electron chi connectivity index (χ0n) is 12.7. The van der Waals surface area contributed by atoms with Gasteiger partial charge in [0.1, 0.15) is 6.61 Å². The molecule has 0 unspecified atom stereocenters. The third-order valence-corrected chi connectivity index (χ3v) is 4.08. The van der Waals surface area contributed by atoms with Crippen LogP contribution in [0.25, 0.3) is 6.08 Å². The van der Waals surface area contributed by atoms with Gasteiger partial charge in [-0.1, -0.05) is 40.9 Å². The monoisotopic (exact) mass is 385 g/mol. The number of ether oxygens (including phenoxy) is 2. The van der Waals surface area contributed by atoms with Gasteiger partial charge in [0.25, 0.3) is 0 Å². The highest BCUT2D eigenvalue weighted by Crippen LogP contribution is 2.37. The zero-order chi connectivity index (χ0) is 17.7. The largest absolute Gasteiger partial charge is 0.493 e. The van der Waals surface area contributed by atoms with Crippen LogP contribution in [0.3, 0.4) is 0 Å². The van der Waals surface area contributed by atoms with Gasteiger partial charge in [0.05, 0.1) is 22.2 Å². The van der Waals surface area contributed by atoms with Crippen LogP contribution in [0.2, 0.25) is 15.1 Å². The van der Waals surface area contributed by atoms with Crippen molar-refractivity contribution >= 4 is 46.8 Å². The fraction of sp³-hybridized carbons (Fsp3) is 0.118. The molecule has 0 heterocycles. The number of hydrogen-bond donors (Lipinski definition) is 1. The maximum Gasteiger partial charge on any atom is 0.241 e. The first-order valence-electron chi connectivity index (χ1n) is 6.82. The van der Waals surface area contributed by atoms with Crippen LogP contribution in [0.5, 0.6) is 11.5 Å². The second-order valence-corrected chi connectivity index (χ2v) is 6.03. The molecule has 2 aromatic rings. The molecule has 0 saturated carbocycles. The molecule has 2 rings (SSSR count). The van der Waals surface area contributed by atoms with E-state index in [1.54, 1.807) is 36.4 Å². The first kappa shape index (κ1) is 18.5. The van der Waals surface area contributed by atoms with E-state index in [0.29, 0.717) is 32.1 Å². The Bertz CT molecular complexity index is 791. The second-order valence-electron chi connectivity index (χ2n) is 4.81. The molecule has 0 atom stereocenters. The summed E-state index contributed by atoms with van der Waals surface area (Å²) in [5.41, 5.74) is 6.58. The number of benzene rings is 2. The number of carbonyl (C=O) groups excluding carboxylic acids is 1. The molecule has 4 nitrogen and oxygen atoms in total. The molecule has 0 radical (unpaired) electrons. The lowest BCUT2D eigenvalue weighted by atomic mass is 10.2. The molecule has 2 aromatic carbocycles. The van der Waals surface area contributed by atoms with Crippen LogP contribution in [0.1, 0.15) is 11.1 Å². The van der Waals surface area contributed by atoms with Gasteiger partial charge in [-0.2, -0.15) is 0 Å². The average molecular weight is 387 g/mol. The number of amides is 1. The van der Waals surface area contributed by atoms with Crippen molar-refractivity contribution in [3.63, 3.8) is 0 Å². The molecule has 0 aliphatic rings. The van der Waals surface area contributed by atoms with E-state index in [1.807, 2.05) is 0 Å². The molecular formula is C17H14Cl3NO3. The lowest BCUT2D eigenvalue weighted by Gasteiger charge is -2.13. The normalized spacial score (nSPS) is 10.8. The van der Waals surface area contributed by atoms with Gasteiger partial charge in [0.2, 0.25) is 5.91 Å². The molecule has 2 N–H and O–H groups in total. The highest BCUT2D eigenvalue weighted by molar-refractivity contribution is 6.42. The van der Waals surface area contributed by atoms with Gasteiger partial charge in [0, 0.05) is 6.08 Å². The lowest BCUT2D eigenvalue weighted by molar-refractivity contribution is -0.113. The lowest BCUT2D eigenvalue weighted by Crippen LogP contribution is -2.05. The Morgan fingerprint density at radius 3 is 2.50 bits per heavy atom. The van der Waals surface area contributed by atoms with Gasteiger partial charge in [-0.25, -0.2) is 0 Å². The molecule has 24 heavy (non-hydrogen) atoms. The molecule has 0 bridgehead atoms. The summed E-state index contributed by atoms with van der Waals surface area (Å²) >= 11 is 18.1. The Balaban J connectivity index is 2.22. The highest BCUT2D eigenvalue weighted by atomic mass is 35.5. The Morgan fingerprint density at radius 1 is 1.12 bits per heavy atom. The summed E-state index contributed by atoms with van der Waals surface area (Å²) in [5.74, 6) is 0.276. The predicted octanol–water partition coefficient (Wildman–Crippen LogP) is 4.73. The van der Waals surface area contributed by atoms with Crippen molar-refractivity contribution in [2.75, 3.05) is 7.11 Å². The van der Waals surface area contributed by atoms with Crippen LogP contribution < -0.4 is 15.2 Å². The molecule has 0 aliphatic heterocycles. The quantitative estimate of drug-likeness (QED) is 0.730. The topological polar surface area (TPSA) is 61.5 Å². The van der Waals surface area contributed by atoms with E-state index >= 15 is 0 Å². The summed E-state index contributed by atoms with van der Waals surface area (Å²) in [4.78, 5) is 10.8. The average Bonchev–Trinajstić information content (AvgIpc) is 2.54. The molecule has 1 amide bonds. The Labute approximate surface area is 154 Å². The highest BCUT2D eigenvalue weighted by Gasteiger charge is 2.12. The number of methoxy groups -OCH3 is 1. The third-order valence-electron chi connectivity index (χ3n) is 3.06.